The molecule has 0 aromatic carbocycles. The predicted molar refractivity (Wildman–Crippen MR) is 107 cm³/mol. The SMILES string of the molecule is COC1=C(NC(=O)Cc2cccs2)CNC=[C+]1.O=C([O-])C1=CCS[C@H]2CC(=O)N12. The molecular formula is C19H19N3O5S2. The first-order valence-corrected chi connectivity index (χ1v) is 10.7. The summed E-state index contributed by atoms with van der Waals surface area (Å²) >= 11 is 3.15. The zero-order valence-corrected chi connectivity index (χ0v) is 17.2. The monoisotopic (exact) mass is 433 g/mol. The molecule has 2 amide bonds. The number of carboxylic acids is 1. The second kappa shape index (κ2) is 9.60. The Balaban J connectivity index is 0.000000176. The van der Waals surface area contributed by atoms with Crippen LogP contribution in [0.5, 0.6) is 0 Å². The van der Waals surface area contributed by atoms with Crippen LogP contribution in [0.1, 0.15) is 11.3 Å². The number of ether oxygens (including phenoxy) is 1. The number of thioether (sulfide) groups is 1. The molecule has 10 heteroatoms. The van der Waals surface area contributed by atoms with Crippen LogP contribution in [0.4, 0.5) is 0 Å². The van der Waals surface area contributed by atoms with E-state index in [1.165, 1.54) is 11.0 Å². The average Bonchev–Trinajstić information content (AvgIpc) is 3.20. The Labute approximate surface area is 176 Å². The Bertz CT molecular complexity index is 876. The number of thiophene rings is 1. The number of methoxy groups -OCH3 is 1. The lowest BCUT2D eigenvalue weighted by atomic mass is 10.1. The van der Waals surface area contributed by atoms with Crippen molar-refractivity contribution in [2.45, 2.75) is 18.2 Å². The summed E-state index contributed by atoms with van der Waals surface area (Å²) in [6, 6.07) is 3.88. The second-order valence-electron chi connectivity index (χ2n) is 6.12. The van der Waals surface area contributed by atoms with Crippen molar-refractivity contribution in [3.63, 3.8) is 0 Å². The summed E-state index contributed by atoms with van der Waals surface area (Å²) in [5.74, 6) is -0.195. The maximum absolute atomic E-state index is 11.8. The average molecular weight is 434 g/mol. The largest absolute Gasteiger partial charge is 0.543 e. The van der Waals surface area contributed by atoms with Crippen LogP contribution >= 0.6 is 23.1 Å². The number of hydrogen-bond donors (Lipinski definition) is 2. The number of β-lactam (4-membered cyclic amide) rings is 1. The summed E-state index contributed by atoms with van der Waals surface area (Å²) < 4.78 is 5.12. The maximum atomic E-state index is 11.8. The van der Waals surface area contributed by atoms with E-state index in [-0.39, 0.29) is 22.9 Å². The molecule has 3 aliphatic heterocycles. The fraction of sp³-hybridized carbons (Fsp3) is 0.316. The highest BCUT2D eigenvalue weighted by atomic mass is 32.2. The number of allylic oxidation sites excluding steroid dienone is 1. The van der Waals surface area contributed by atoms with Gasteiger partial charge in [0, 0.05) is 10.6 Å². The van der Waals surface area contributed by atoms with Gasteiger partial charge in [-0.05, 0) is 17.5 Å². The maximum Gasteiger partial charge on any atom is 0.373 e. The normalized spacial score (nSPS) is 19.5. The van der Waals surface area contributed by atoms with E-state index in [1.807, 2.05) is 17.5 Å². The topological polar surface area (TPSA) is 111 Å². The summed E-state index contributed by atoms with van der Waals surface area (Å²) in [7, 11) is 1.56. The molecule has 0 spiro atoms. The number of aliphatic carboxylic acids is 1. The van der Waals surface area contributed by atoms with Crippen molar-refractivity contribution >= 4 is 40.9 Å². The molecule has 2 N–H and O–H groups in total. The van der Waals surface area contributed by atoms with E-state index in [2.05, 4.69) is 16.7 Å². The Morgan fingerprint density at radius 1 is 1.48 bits per heavy atom. The molecule has 1 saturated heterocycles. The number of rotatable bonds is 5. The minimum atomic E-state index is -1.26. The van der Waals surface area contributed by atoms with E-state index in [0.717, 1.165) is 10.6 Å². The van der Waals surface area contributed by atoms with Crippen molar-refractivity contribution in [3.8, 4) is 0 Å². The standard InChI is InChI=1S/C12H12N2O2S.C7H7NO3S/c1-16-11-4-5-13-8-10(11)14-12(15)7-9-3-2-6-17-9;9-5-3-6-8(5)4(7(10)11)1-2-12-6/h2-3,5-6,13H,7-8H2,1H3;1,6H,2-3H2,(H,10,11)/t;6-/m.0/s1. The Morgan fingerprint density at radius 3 is 2.93 bits per heavy atom. The van der Waals surface area contributed by atoms with Crippen LogP contribution in [0, 0.1) is 6.08 Å². The van der Waals surface area contributed by atoms with Crippen molar-refractivity contribution in [3.05, 3.63) is 57.9 Å². The molecular weight excluding hydrogens is 414 g/mol. The number of dihydropyridines is 1. The van der Waals surface area contributed by atoms with Gasteiger partial charge in [-0.3, -0.25) is 14.5 Å². The van der Waals surface area contributed by atoms with Crippen molar-refractivity contribution < 1.29 is 24.2 Å². The van der Waals surface area contributed by atoms with Crippen molar-refractivity contribution in [1.29, 1.82) is 0 Å². The minimum Gasteiger partial charge on any atom is -0.543 e. The molecule has 152 valence electrons. The fourth-order valence-electron chi connectivity index (χ4n) is 2.83. The van der Waals surface area contributed by atoms with Crippen molar-refractivity contribution in [2.24, 2.45) is 0 Å². The van der Waals surface area contributed by atoms with Crippen molar-refractivity contribution in [2.75, 3.05) is 19.4 Å². The molecule has 0 bridgehead atoms. The third-order valence-electron chi connectivity index (χ3n) is 4.21. The van der Waals surface area contributed by atoms with Crippen LogP contribution in [0.15, 0.2) is 46.9 Å². The van der Waals surface area contributed by atoms with E-state index in [1.54, 1.807) is 36.4 Å². The van der Waals surface area contributed by atoms with E-state index in [9.17, 15) is 19.5 Å². The number of carboxylic acid groups (broad SMARTS) is 1. The second-order valence-corrected chi connectivity index (χ2v) is 8.36. The first kappa shape index (κ1) is 20.9. The molecule has 0 unspecified atom stereocenters. The van der Waals surface area contributed by atoms with Crippen molar-refractivity contribution in [1.82, 2.24) is 15.5 Å². The zero-order chi connectivity index (χ0) is 20.8. The summed E-state index contributed by atoms with van der Waals surface area (Å²) in [5.41, 5.74) is 0.756. The molecule has 1 fully saturated rings. The number of fused-ring (bicyclic) bond motifs is 1. The molecule has 0 saturated carbocycles. The lowest BCUT2D eigenvalue weighted by Crippen LogP contribution is -2.54. The van der Waals surface area contributed by atoms with Crippen LogP contribution in [0.25, 0.3) is 0 Å². The summed E-state index contributed by atoms with van der Waals surface area (Å²) in [5, 5.41) is 18.3. The number of carbonyl (C=O) groups is 3. The Kier molecular flexibility index (Phi) is 6.92. The summed E-state index contributed by atoms with van der Waals surface area (Å²) in [6.07, 6.45) is 6.93. The first-order chi connectivity index (χ1) is 14.0. The number of nitrogens with one attached hydrogen (secondary N) is 2. The van der Waals surface area contributed by atoms with E-state index in [0.29, 0.717) is 30.9 Å². The highest BCUT2D eigenvalue weighted by molar-refractivity contribution is 8.00. The molecule has 1 aromatic heterocycles. The van der Waals surface area contributed by atoms with Crippen LogP contribution in [-0.4, -0.2) is 47.5 Å². The molecule has 1 aromatic rings. The number of hydrogen-bond acceptors (Lipinski definition) is 8. The molecule has 0 radical (unpaired) electrons. The van der Waals surface area contributed by atoms with Gasteiger partial charge in [0.15, 0.2) is 12.3 Å². The van der Waals surface area contributed by atoms with Gasteiger partial charge in [-0.15, -0.1) is 23.1 Å². The van der Waals surface area contributed by atoms with Crippen LogP contribution < -0.4 is 15.7 Å². The van der Waals surface area contributed by atoms with Gasteiger partial charge in [0.05, 0.1) is 37.0 Å². The summed E-state index contributed by atoms with van der Waals surface area (Å²) in [4.78, 5) is 35.6. The van der Waals surface area contributed by atoms with Gasteiger partial charge in [-0.2, -0.15) is 0 Å². The van der Waals surface area contributed by atoms with Gasteiger partial charge in [0.2, 0.25) is 17.5 Å². The Hall–Kier alpha value is -2.81. The van der Waals surface area contributed by atoms with Crippen LogP contribution in [0.2, 0.25) is 0 Å². The minimum absolute atomic E-state index is 0.0370. The van der Waals surface area contributed by atoms with Gasteiger partial charge in [-0.1, -0.05) is 6.07 Å². The number of carbonyl (C=O) groups excluding carboxylic acids is 3. The smallest absolute Gasteiger partial charge is 0.373 e. The lowest BCUT2D eigenvalue weighted by Gasteiger charge is -2.43. The predicted octanol–water partition coefficient (Wildman–Crippen LogP) is 0.110. The Morgan fingerprint density at radius 2 is 2.31 bits per heavy atom. The van der Waals surface area contributed by atoms with Crippen LogP contribution in [-0.2, 0) is 25.5 Å². The molecule has 3 aliphatic rings. The third kappa shape index (κ3) is 5.17. The lowest BCUT2D eigenvalue weighted by molar-refractivity contribution is -0.301. The van der Waals surface area contributed by atoms with Gasteiger partial charge < -0.3 is 20.0 Å². The quantitative estimate of drug-likeness (QED) is 0.501. The fourth-order valence-corrected chi connectivity index (χ4v) is 4.65. The third-order valence-corrected chi connectivity index (χ3v) is 6.21. The van der Waals surface area contributed by atoms with Crippen LogP contribution in [0.3, 0.4) is 0 Å². The number of amides is 2. The van der Waals surface area contributed by atoms with Gasteiger partial charge >= 0.3 is 5.76 Å². The highest BCUT2D eigenvalue weighted by Crippen LogP contribution is 2.36. The van der Waals surface area contributed by atoms with Gasteiger partial charge in [0.1, 0.15) is 6.54 Å². The molecule has 1 atom stereocenters. The molecule has 29 heavy (non-hydrogen) atoms. The van der Waals surface area contributed by atoms with E-state index in [4.69, 9.17) is 4.74 Å². The molecule has 8 nitrogen and oxygen atoms in total. The number of nitrogens with zero attached hydrogens (tertiary/aromatic N) is 1. The van der Waals surface area contributed by atoms with E-state index < -0.39 is 5.97 Å². The van der Waals surface area contributed by atoms with E-state index >= 15 is 0 Å². The molecule has 4 rings (SSSR count). The van der Waals surface area contributed by atoms with Gasteiger partial charge in [0.25, 0.3) is 0 Å². The molecule has 0 aliphatic carbocycles. The van der Waals surface area contributed by atoms with Gasteiger partial charge in [-0.25, -0.2) is 5.32 Å². The first-order valence-electron chi connectivity index (χ1n) is 8.75. The summed E-state index contributed by atoms with van der Waals surface area (Å²) in [6.45, 7) is 0.548. The molecule has 4 heterocycles. The highest BCUT2D eigenvalue weighted by Gasteiger charge is 2.40. The zero-order valence-electron chi connectivity index (χ0n) is 15.6.